The summed E-state index contributed by atoms with van der Waals surface area (Å²) in [7, 11) is 0. The lowest BCUT2D eigenvalue weighted by atomic mass is 10.1. The molecule has 1 aromatic heterocycles. The fraction of sp³-hybridized carbons (Fsp3) is 0.333. The Kier molecular flexibility index (Phi) is 3.24. The monoisotopic (exact) mass is 282 g/mol. The average Bonchev–Trinajstić information content (AvgIpc) is 2.57. The molecule has 18 heavy (non-hydrogen) atoms. The van der Waals surface area contributed by atoms with Crippen molar-refractivity contribution in [1.82, 2.24) is 9.78 Å². The van der Waals surface area contributed by atoms with Gasteiger partial charge in [-0.25, -0.2) is 0 Å². The maximum atomic E-state index is 8.96. The van der Waals surface area contributed by atoms with Gasteiger partial charge in [0.05, 0.1) is 17.6 Å². The molecule has 0 radical (unpaired) electrons. The number of fused-ring (bicyclic) bond motifs is 1. The Morgan fingerprint density at radius 1 is 1.50 bits per heavy atom. The zero-order valence-electron chi connectivity index (χ0n) is 10.0. The Labute approximate surface area is 115 Å². The summed E-state index contributed by atoms with van der Waals surface area (Å²) in [5.74, 6) is 0. The van der Waals surface area contributed by atoms with E-state index in [0.29, 0.717) is 22.1 Å². The Bertz CT molecular complexity index is 652. The Morgan fingerprint density at radius 3 is 2.78 bits per heavy atom. The van der Waals surface area contributed by atoms with Crippen LogP contribution in [0, 0.1) is 18.3 Å². The van der Waals surface area contributed by atoms with Crippen molar-refractivity contribution in [3.63, 3.8) is 0 Å². The second-order valence-corrected chi connectivity index (χ2v) is 5.40. The molecular weight excluding hydrogens is 271 g/mol. The first-order valence-corrected chi connectivity index (χ1v) is 6.12. The summed E-state index contributed by atoms with van der Waals surface area (Å²) in [6.07, 6.45) is 0. The molecule has 94 valence electrons. The minimum Gasteiger partial charge on any atom is -0.312 e. The molecule has 2 rings (SSSR count). The van der Waals surface area contributed by atoms with Crippen LogP contribution in [0.5, 0.6) is 0 Å². The van der Waals surface area contributed by atoms with Crippen LogP contribution < -0.4 is 5.73 Å². The van der Waals surface area contributed by atoms with E-state index in [9.17, 15) is 0 Å². The van der Waals surface area contributed by atoms with E-state index in [1.165, 1.54) is 0 Å². The molecule has 0 aliphatic carbocycles. The number of halogens is 2. The van der Waals surface area contributed by atoms with Gasteiger partial charge in [-0.3, -0.25) is 4.68 Å². The van der Waals surface area contributed by atoms with Crippen LogP contribution in [-0.2, 0) is 6.54 Å². The maximum absolute atomic E-state index is 8.96. The largest absolute Gasteiger partial charge is 0.312 e. The molecule has 6 heteroatoms. The number of aryl methyl sites for hydroxylation is 1. The minimum absolute atomic E-state index is 0.304. The van der Waals surface area contributed by atoms with Gasteiger partial charge in [0.2, 0.25) is 0 Å². The quantitative estimate of drug-likeness (QED) is 0.921. The van der Waals surface area contributed by atoms with Crippen molar-refractivity contribution in [2.75, 3.05) is 0 Å². The zero-order chi connectivity index (χ0) is 13.5. The molecule has 2 aromatic rings. The fourth-order valence-electron chi connectivity index (χ4n) is 1.78. The van der Waals surface area contributed by atoms with Gasteiger partial charge in [-0.05, 0) is 26.0 Å². The normalized spacial score (nSPS) is 14.4. The lowest BCUT2D eigenvalue weighted by molar-refractivity contribution is 0.455. The molecule has 0 amide bonds. The van der Waals surface area contributed by atoms with E-state index in [1.807, 2.05) is 19.1 Å². The Hall–Kier alpha value is -1.28. The number of rotatable bonds is 2. The van der Waals surface area contributed by atoms with E-state index in [2.05, 4.69) is 5.10 Å². The van der Waals surface area contributed by atoms with E-state index >= 15 is 0 Å². The molecule has 1 aromatic carbocycles. The number of nitrogens with zero attached hydrogens (tertiary/aromatic N) is 3. The first-order chi connectivity index (χ1) is 8.34. The summed E-state index contributed by atoms with van der Waals surface area (Å²) >= 11 is 12.1. The van der Waals surface area contributed by atoms with E-state index in [4.69, 9.17) is 34.2 Å². The molecule has 0 bridgehead atoms. The van der Waals surface area contributed by atoms with Crippen LogP contribution in [0.1, 0.15) is 12.6 Å². The highest BCUT2D eigenvalue weighted by Gasteiger charge is 2.21. The topological polar surface area (TPSA) is 67.6 Å². The van der Waals surface area contributed by atoms with Crippen molar-refractivity contribution < 1.29 is 0 Å². The van der Waals surface area contributed by atoms with Crippen molar-refractivity contribution >= 4 is 34.1 Å². The summed E-state index contributed by atoms with van der Waals surface area (Å²) in [6.45, 7) is 3.86. The lowest BCUT2D eigenvalue weighted by Gasteiger charge is -2.15. The molecule has 2 N–H and O–H groups in total. The number of nitrogens with two attached hydrogens (primary N) is 1. The van der Waals surface area contributed by atoms with Crippen molar-refractivity contribution in [2.24, 2.45) is 5.73 Å². The number of nitriles is 1. The van der Waals surface area contributed by atoms with E-state index in [-0.39, 0.29) is 0 Å². The van der Waals surface area contributed by atoms with Crippen molar-refractivity contribution in [3.05, 3.63) is 27.9 Å². The van der Waals surface area contributed by atoms with Gasteiger partial charge in [-0.15, -0.1) is 0 Å². The molecule has 0 saturated carbocycles. The first kappa shape index (κ1) is 13.2. The summed E-state index contributed by atoms with van der Waals surface area (Å²) in [4.78, 5) is 0. The smallest absolute Gasteiger partial charge is 0.121 e. The van der Waals surface area contributed by atoms with Crippen LogP contribution >= 0.6 is 23.2 Å². The van der Waals surface area contributed by atoms with Gasteiger partial charge in [0, 0.05) is 16.1 Å². The molecule has 1 heterocycles. The van der Waals surface area contributed by atoms with Crippen LogP contribution in [0.3, 0.4) is 0 Å². The average molecular weight is 283 g/mol. The van der Waals surface area contributed by atoms with Crippen molar-refractivity contribution in [2.45, 2.75) is 25.9 Å². The zero-order valence-corrected chi connectivity index (χ0v) is 11.5. The number of hydrogen-bond acceptors (Lipinski definition) is 3. The molecule has 0 aliphatic rings. The predicted octanol–water partition coefficient (Wildman–Crippen LogP) is 2.89. The molecule has 0 fully saturated rings. The Morgan fingerprint density at radius 2 is 2.17 bits per heavy atom. The molecule has 0 spiro atoms. The van der Waals surface area contributed by atoms with Gasteiger partial charge in [0.1, 0.15) is 11.1 Å². The first-order valence-electron chi connectivity index (χ1n) is 5.36. The molecule has 4 nitrogen and oxygen atoms in total. The minimum atomic E-state index is -0.969. The number of aromatic nitrogens is 2. The second-order valence-electron chi connectivity index (χ2n) is 4.56. The van der Waals surface area contributed by atoms with Crippen LogP contribution in [0.4, 0.5) is 0 Å². The van der Waals surface area contributed by atoms with Crippen LogP contribution in [0.2, 0.25) is 10.0 Å². The predicted molar refractivity (Wildman–Crippen MR) is 72.7 cm³/mol. The third-order valence-electron chi connectivity index (χ3n) is 2.76. The standard InChI is InChI=1S/C12H12Cl2N4/c1-7-9-3-8(13)4-10(14)11(9)17-18(7)6-12(2,16)5-15/h3-4H,6,16H2,1-2H3. The summed E-state index contributed by atoms with van der Waals surface area (Å²) in [6, 6.07) is 5.50. The highest BCUT2D eigenvalue weighted by Crippen LogP contribution is 2.29. The Balaban J connectivity index is 2.59. The third-order valence-corrected chi connectivity index (χ3v) is 3.27. The second kappa shape index (κ2) is 4.43. The molecule has 0 saturated heterocycles. The highest BCUT2D eigenvalue weighted by atomic mass is 35.5. The van der Waals surface area contributed by atoms with Gasteiger partial charge in [-0.2, -0.15) is 10.4 Å². The van der Waals surface area contributed by atoms with Gasteiger partial charge in [0.15, 0.2) is 0 Å². The molecule has 0 aliphatic heterocycles. The summed E-state index contributed by atoms with van der Waals surface area (Å²) in [5, 5.41) is 15.3. The maximum Gasteiger partial charge on any atom is 0.121 e. The summed E-state index contributed by atoms with van der Waals surface area (Å²) in [5.41, 5.74) is 6.42. The lowest BCUT2D eigenvalue weighted by Crippen LogP contribution is -2.39. The van der Waals surface area contributed by atoms with Gasteiger partial charge in [-0.1, -0.05) is 23.2 Å². The fourth-order valence-corrected chi connectivity index (χ4v) is 2.31. The van der Waals surface area contributed by atoms with Crippen molar-refractivity contribution in [3.8, 4) is 6.07 Å². The molecule has 1 unspecified atom stereocenters. The number of benzene rings is 1. The van der Waals surface area contributed by atoms with Crippen LogP contribution in [0.15, 0.2) is 12.1 Å². The van der Waals surface area contributed by atoms with Crippen molar-refractivity contribution in [1.29, 1.82) is 5.26 Å². The highest BCUT2D eigenvalue weighted by molar-refractivity contribution is 6.38. The van der Waals surface area contributed by atoms with Gasteiger partial charge >= 0.3 is 0 Å². The SMILES string of the molecule is Cc1c2cc(Cl)cc(Cl)c2nn1CC(C)(N)C#N. The van der Waals surface area contributed by atoms with Gasteiger partial charge in [0.25, 0.3) is 0 Å². The number of hydrogen-bond donors (Lipinski definition) is 1. The molecule has 1 atom stereocenters. The van der Waals surface area contributed by atoms with E-state index in [1.54, 1.807) is 17.7 Å². The third kappa shape index (κ3) is 2.30. The van der Waals surface area contributed by atoms with E-state index in [0.717, 1.165) is 11.1 Å². The van der Waals surface area contributed by atoms with Gasteiger partial charge < -0.3 is 5.73 Å². The van der Waals surface area contributed by atoms with Crippen LogP contribution in [0.25, 0.3) is 10.9 Å². The molecular formula is C12H12Cl2N4. The van der Waals surface area contributed by atoms with E-state index < -0.39 is 5.54 Å². The van der Waals surface area contributed by atoms with Crippen LogP contribution in [-0.4, -0.2) is 15.3 Å². The summed E-state index contributed by atoms with van der Waals surface area (Å²) < 4.78 is 1.69.